The quantitative estimate of drug-likeness (QED) is 0.746. The van der Waals surface area contributed by atoms with Gasteiger partial charge in [-0.15, -0.1) is 0 Å². The van der Waals surface area contributed by atoms with Gasteiger partial charge < -0.3 is 0 Å². The molecule has 1 aliphatic rings. The summed E-state index contributed by atoms with van der Waals surface area (Å²) in [5.41, 5.74) is 1.12. The van der Waals surface area contributed by atoms with Crippen LogP contribution in [-0.2, 0) is 4.79 Å². The highest BCUT2D eigenvalue weighted by Crippen LogP contribution is 2.35. The van der Waals surface area contributed by atoms with Gasteiger partial charge in [-0.3, -0.25) is 9.59 Å². The van der Waals surface area contributed by atoms with Crippen LogP contribution < -0.4 is 4.90 Å². The molecule has 110 valence electrons. The van der Waals surface area contributed by atoms with Gasteiger partial charge in [0, 0.05) is 5.02 Å². The first kappa shape index (κ1) is 14.8. The molecule has 0 spiro atoms. The van der Waals surface area contributed by atoms with Crippen molar-refractivity contribution in [1.82, 2.24) is 0 Å². The van der Waals surface area contributed by atoms with Crippen LogP contribution in [0.15, 0.2) is 53.4 Å². The Morgan fingerprint density at radius 2 is 1.64 bits per heavy atom. The third-order valence-corrected chi connectivity index (χ3v) is 4.17. The highest BCUT2D eigenvalue weighted by molar-refractivity contribution is 8.19. The molecule has 3 nitrogen and oxygen atoms in total. The molecule has 1 aliphatic heterocycles. The van der Waals surface area contributed by atoms with Crippen LogP contribution in [0.4, 0.5) is 14.9 Å². The molecule has 3 rings (SSSR count). The van der Waals surface area contributed by atoms with E-state index in [4.69, 9.17) is 11.6 Å². The average Bonchev–Trinajstić information content (AvgIpc) is 2.77. The number of carbonyl (C=O) groups is 2. The Balaban J connectivity index is 1.91. The highest BCUT2D eigenvalue weighted by atomic mass is 35.5. The Labute approximate surface area is 135 Å². The maximum Gasteiger partial charge on any atom is 0.298 e. The van der Waals surface area contributed by atoms with Crippen molar-refractivity contribution in [2.75, 3.05) is 4.90 Å². The second-order valence-corrected chi connectivity index (χ2v) is 5.97. The van der Waals surface area contributed by atoms with Crippen molar-refractivity contribution in [3.8, 4) is 0 Å². The number of hydrogen-bond acceptors (Lipinski definition) is 3. The van der Waals surface area contributed by atoms with E-state index in [0.29, 0.717) is 15.6 Å². The fraction of sp³-hybridized carbons (Fsp3) is 0. The van der Waals surface area contributed by atoms with Crippen LogP contribution in [0, 0.1) is 5.82 Å². The lowest BCUT2D eigenvalue weighted by molar-refractivity contribution is -0.113. The minimum atomic E-state index is -0.424. The van der Waals surface area contributed by atoms with E-state index in [2.05, 4.69) is 0 Å². The molecular weight excluding hydrogens is 325 g/mol. The summed E-state index contributed by atoms with van der Waals surface area (Å²) < 4.78 is 12.9. The number of carbonyl (C=O) groups excluding carboxylic acids is 2. The molecule has 0 radical (unpaired) electrons. The van der Waals surface area contributed by atoms with Gasteiger partial charge in [0.05, 0.1) is 10.6 Å². The molecule has 0 N–H and O–H groups in total. The lowest BCUT2D eigenvalue weighted by Gasteiger charge is -2.11. The van der Waals surface area contributed by atoms with E-state index in [1.165, 1.54) is 24.3 Å². The van der Waals surface area contributed by atoms with Crippen LogP contribution in [0.2, 0.25) is 5.02 Å². The molecular formula is C16H9ClFNO2S. The number of imide groups is 1. The average molecular weight is 334 g/mol. The molecule has 0 aromatic heterocycles. The van der Waals surface area contributed by atoms with Gasteiger partial charge in [-0.05, 0) is 59.8 Å². The topological polar surface area (TPSA) is 37.4 Å². The van der Waals surface area contributed by atoms with Gasteiger partial charge in [0.2, 0.25) is 0 Å². The fourth-order valence-electron chi connectivity index (χ4n) is 1.99. The molecule has 1 heterocycles. The van der Waals surface area contributed by atoms with Crippen molar-refractivity contribution in [1.29, 1.82) is 0 Å². The van der Waals surface area contributed by atoms with E-state index in [9.17, 15) is 14.0 Å². The monoisotopic (exact) mass is 333 g/mol. The van der Waals surface area contributed by atoms with Gasteiger partial charge in [-0.25, -0.2) is 9.29 Å². The Morgan fingerprint density at radius 1 is 1.00 bits per heavy atom. The van der Waals surface area contributed by atoms with Crippen LogP contribution in [0.3, 0.4) is 0 Å². The van der Waals surface area contributed by atoms with Gasteiger partial charge in [0.1, 0.15) is 5.82 Å². The second kappa shape index (κ2) is 5.94. The lowest BCUT2D eigenvalue weighted by Crippen LogP contribution is -2.27. The molecule has 2 amide bonds. The number of hydrogen-bond donors (Lipinski definition) is 0. The first-order valence-corrected chi connectivity index (χ1v) is 7.53. The summed E-state index contributed by atoms with van der Waals surface area (Å²) in [7, 11) is 0. The second-order valence-electron chi connectivity index (χ2n) is 4.55. The summed E-state index contributed by atoms with van der Waals surface area (Å²) >= 11 is 6.66. The molecule has 0 aliphatic carbocycles. The minimum absolute atomic E-state index is 0.316. The van der Waals surface area contributed by atoms with Crippen molar-refractivity contribution in [3.63, 3.8) is 0 Å². The largest absolute Gasteiger partial charge is 0.298 e. The van der Waals surface area contributed by atoms with Crippen molar-refractivity contribution < 1.29 is 14.0 Å². The first-order chi connectivity index (χ1) is 10.5. The van der Waals surface area contributed by atoms with Gasteiger partial charge in [0.25, 0.3) is 11.1 Å². The molecule has 1 saturated heterocycles. The van der Waals surface area contributed by atoms with E-state index in [0.717, 1.165) is 22.2 Å². The maximum absolute atomic E-state index is 12.9. The van der Waals surface area contributed by atoms with Crippen molar-refractivity contribution in [3.05, 3.63) is 69.8 Å². The van der Waals surface area contributed by atoms with Crippen molar-refractivity contribution in [2.45, 2.75) is 0 Å². The molecule has 1 fully saturated rings. The first-order valence-electron chi connectivity index (χ1n) is 6.34. The zero-order valence-corrected chi connectivity index (χ0v) is 12.7. The van der Waals surface area contributed by atoms with Crippen molar-refractivity contribution >= 4 is 46.3 Å². The van der Waals surface area contributed by atoms with E-state index in [1.54, 1.807) is 30.3 Å². The van der Waals surface area contributed by atoms with Gasteiger partial charge >= 0.3 is 0 Å². The number of thioether (sulfide) groups is 1. The normalized spacial score (nSPS) is 16.6. The smallest absolute Gasteiger partial charge is 0.268 e. The number of amides is 2. The summed E-state index contributed by atoms with van der Waals surface area (Å²) in [6.07, 6.45) is 1.63. The standard InChI is InChI=1S/C16H9ClFNO2S/c17-11-3-1-10(2-4-11)9-14-15(20)19(16(21)22-14)13-7-5-12(18)6-8-13/h1-9H/b14-9-. The predicted octanol–water partition coefficient (Wildman–Crippen LogP) is 4.72. The summed E-state index contributed by atoms with van der Waals surface area (Å²) in [6.45, 7) is 0. The number of nitrogens with zero attached hydrogens (tertiary/aromatic N) is 1. The molecule has 2 aromatic rings. The molecule has 22 heavy (non-hydrogen) atoms. The van der Waals surface area contributed by atoms with E-state index in [1.807, 2.05) is 0 Å². The third-order valence-electron chi connectivity index (χ3n) is 3.05. The minimum Gasteiger partial charge on any atom is -0.268 e. The molecule has 0 saturated carbocycles. The summed E-state index contributed by atoms with van der Waals surface area (Å²) in [5.74, 6) is -0.844. The highest BCUT2D eigenvalue weighted by Gasteiger charge is 2.36. The van der Waals surface area contributed by atoms with Gasteiger partial charge in [-0.1, -0.05) is 23.7 Å². The van der Waals surface area contributed by atoms with Crippen LogP contribution in [0.1, 0.15) is 5.56 Å². The molecule has 0 bridgehead atoms. The van der Waals surface area contributed by atoms with Crippen molar-refractivity contribution in [2.24, 2.45) is 0 Å². The zero-order valence-electron chi connectivity index (χ0n) is 11.1. The van der Waals surface area contributed by atoms with Crippen LogP contribution in [0.5, 0.6) is 0 Å². The summed E-state index contributed by atoms with van der Waals surface area (Å²) in [4.78, 5) is 25.8. The predicted molar refractivity (Wildman–Crippen MR) is 86.3 cm³/mol. The number of anilines is 1. The molecule has 2 aromatic carbocycles. The van der Waals surface area contributed by atoms with Crippen LogP contribution in [-0.4, -0.2) is 11.1 Å². The Kier molecular flexibility index (Phi) is 4.00. The Morgan fingerprint density at radius 3 is 2.27 bits per heavy atom. The zero-order chi connectivity index (χ0) is 15.7. The number of benzene rings is 2. The van der Waals surface area contributed by atoms with E-state index < -0.39 is 17.0 Å². The maximum atomic E-state index is 12.9. The van der Waals surface area contributed by atoms with Gasteiger partial charge in [-0.2, -0.15) is 0 Å². The summed E-state index contributed by atoms with van der Waals surface area (Å²) in [5, 5.41) is 0.188. The lowest BCUT2D eigenvalue weighted by atomic mass is 10.2. The molecule has 6 heteroatoms. The SMILES string of the molecule is O=C1S/C(=C\c2ccc(Cl)cc2)C(=O)N1c1ccc(F)cc1. The van der Waals surface area contributed by atoms with Crippen LogP contribution >= 0.6 is 23.4 Å². The Bertz CT molecular complexity index is 772. The van der Waals surface area contributed by atoms with E-state index in [-0.39, 0.29) is 0 Å². The van der Waals surface area contributed by atoms with E-state index >= 15 is 0 Å². The molecule has 0 atom stereocenters. The third kappa shape index (κ3) is 2.91. The molecule has 0 unspecified atom stereocenters. The van der Waals surface area contributed by atoms with Crippen LogP contribution in [0.25, 0.3) is 6.08 Å². The fourth-order valence-corrected chi connectivity index (χ4v) is 2.96. The van der Waals surface area contributed by atoms with Gasteiger partial charge in [0.15, 0.2) is 0 Å². The number of rotatable bonds is 2. The summed E-state index contributed by atoms with van der Waals surface area (Å²) in [6, 6.07) is 12.1. The Hall–Kier alpha value is -2.11. The number of halogens is 2.